The van der Waals surface area contributed by atoms with Crippen LogP contribution >= 0.6 is 11.6 Å². The van der Waals surface area contributed by atoms with Gasteiger partial charge in [-0.1, -0.05) is 23.7 Å². The van der Waals surface area contributed by atoms with Crippen LogP contribution < -0.4 is 5.69 Å². The number of halogens is 3. The number of rotatable bonds is 5. The molecule has 32 heavy (non-hydrogen) atoms. The third-order valence-electron chi connectivity index (χ3n) is 6.16. The van der Waals surface area contributed by atoms with Crippen molar-refractivity contribution in [3.05, 3.63) is 69.4 Å². The maximum atomic E-state index is 15.1. The Morgan fingerprint density at radius 2 is 1.78 bits per heavy atom. The maximum Gasteiger partial charge on any atom is 0.348 e. The zero-order valence-corrected chi connectivity index (χ0v) is 17.9. The number of aromatic nitrogens is 3. The standard InChI is InChI=1S/C23H21ClF2N4O2/c24-17-5-3-14(4-6-17)16-10-18(25)21(19(26)11-16)30-20(27-28-23(30)32)9-13-7-8-29(12-13)22(31)15-1-2-15/h3-6,10-11,13,15H,1-2,7-9,12H2,(H,28,32)/t13-/m0/s1. The van der Waals surface area contributed by atoms with Crippen molar-refractivity contribution in [3.63, 3.8) is 0 Å². The summed E-state index contributed by atoms with van der Waals surface area (Å²) < 4.78 is 31.1. The molecule has 2 fully saturated rings. The number of carbonyl (C=O) groups is 1. The number of benzene rings is 2. The summed E-state index contributed by atoms with van der Waals surface area (Å²) >= 11 is 5.89. The van der Waals surface area contributed by atoms with E-state index in [-0.39, 0.29) is 23.6 Å². The van der Waals surface area contributed by atoms with Gasteiger partial charge in [-0.25, -0.2) is 23.2 Å². The molecule has 1 saturated carbocycles. The van der Waals surface area contributed by atoms with Crippen molar-refractivity contribution >= 4 is 17.5 Å². The normalized spacial score (nSPS) is 18.3. The van der Waals surface area contributed by atoms with E-state index in [0.717, 1.165) is 23.8 Å². The summed E-state index contributed by atoms with van der Waals surface area (Å²) in [4.78, 5) is 26.6. The largest absolute Gasteiger partial charge is 0.348 e. The van der Waals surface area contributed by atoms with E-state index in [9.17, 15) is 9.59 Å². The molecular weight excluding hydrogens is 438 g/mol. The van der Waals surface area contributed by atoms with E-state index >= 15 is 8.78 Å². The molecule has 1 N–H and O–H groups in total. The lowest BCUT2D eigenvalue weighted by atomic mass is 10.0. The first-order chi connectivity index (χ1) is 15.4. The van der Waals surface area contributed by atoms with Gasteiger partial charge in [0, 0.05) is 30.5 Å². The fraction of sp³-hybridized carbons (Fsp3) is 0.348. The van der Waals surface area contributed by atoms with Gasteiger partial charge in [-0.05, 0) is 60.6 Å². The molecule has 6 nitrogen and oxygen atoms in total. The number of likely N-dealkylation sites (tertiary alicyclic amines) is 1. The number of H-pyrrole nitrogens is 1. The first-order valence-electron chi connectivity index (χ1n) is 10.6. The minimum atomic E-state index is -0.864. The second kappa shape index (κ2) is 8.16. The van der Waals surface area contributed by atoms with Gasteiger partial charge < -0.3 is 4.90 Å². The van der Waals surface area contributed by atoms with Crippen molar-refractivity contribution < 1.29 is 13.6 Å². The monoisotopic (exact) mass is 458 g/mol. The van der Waals surface area contributed by atoms with E-state index in [1.165, 1.54) is 12.1 Å². The van der Waals surface area contributed by atoms with Crippen LogP contribution in [0.25, 0.3) is 16.8 Å². The zero-order chi connectivity index (χ0) is 22.4. The topological polar surface area (TPSA) is 71.0 Å². The van der Waals surface area contributed by atoms with E-state index in [0.29, 0.717) is 35.7 Å². The Kier molecular flexibility index (Phi) is 5.33. The van der Waals surface area contributed by atoms with Crippen LogP contribution in [-0.4, -0.2) is 38.7 Å². The zero-order valence-electron chi connectivity index (χ0n) is 17.2. The predicted molar refractivity (Wildman–Crippen MR) is 116 cm³/mol. The van der Waals surface area contributed by atoms with E-state index in [4.69, 9.17) is 11.6 Å². The molecule has 1 aliphatic heterocycles. The molecule has 2 aromatic carbocycles. The number of nitrogens with one attached hydrogen (secondary N) is 1. The molecule has 1 saturated heterocycles. The summed E-state index contributed by atoms with van der Waals surface area (Å²) in [5.74, 6) is -1.07. The van der Waals surface area contributed by atoms with Gasteiger partial charge in [-0.15, -0.1) is 0 Å². The molecule has 0 bridgehead atoms. The highest BCUT2D eigenvalue weighted by molar-refractivity contribution is 6.30. The van der Waals surface area contributed by atoms with Crippen molar-refractivity contribution in [1.82, 2.24) is 19.7 Å². The molecule has 1 aliphatic carbocycles. The van der Waals surface area contributed by atoms with Gasteiger partial charge in [0.25, 0.3) is 0 Å². The third kappa shape index (κ3) is 3.95. The lowest BCUT2D eigenvalue weighted by molar-refractivity contribution is -0.131. The van der Waals surface area contributed by atoms with Crippen LogP contribution in [0.4, 0.5) is 8.78 Å². The lowest BCUT2D eigenvalue weighted by Crippen LogP contribution is -2.30. The quantitative estimate of drug-likeness (QED) is 0.629. The first-order valence-corrected chi connectivity index (χ1v) is 11.0. The molecule has 0 unspecified atom stereocenters. The van der Waals surface area contributed by atoms with Gasteiger partial charge in [-0.2, -0.15) is 5.10 Å². The predicted octanol–water partition coefficient (Wildman–Crippen LogP) is 3.96. The fourth-order valence-corrected chi connectivity index (χ4v) is 4.46. The number of amides is 1. The minimum Gasteiger partial charge on any atom is -0.342 e. The Bertz CT molecular complexity index is 1210. The van der Waals surface area contributed by atoms with Crippen LogP contribution in [-0.2, 0) is 11.2 Å². The molecule has 9 heteroatoms. The number of hydrogen-bond donors (Lipinski definition) is 1. The molecule has 1 aromatic heterocycles. The SMILES string of the molecule is O=C(C1CC1)N1CC[C@@H](Cc2n[nH]c(=O)n2-c2c(F)cc(-c3ccc(Cl)cc3)cc2F)C1. The maximum absolute atomic E-state index is 15.1. The van der Waals surface area contributed by atoms with Crippen LogP contribution in [0.5, 0.6) is 0 Å². The van der Waals surface area contributed by atoms with Crippen LogP contribution in [0.15, 0.2) is 41.2 Å². The number of carbonyl (C=O) groups excluding carboxylic acids is 1. The van der Waals surface area contributed by atoms with Crippen molar-refractivity contribution in [3.8, 4) is 16.8 Å². The summed E-state index contributed by atoms with van der Waals surface area (Å²) in [6, 6.07) is 8.99. The highest BCUT2D eigenvalue weighted by Crippen LogP contribution is 2.33. The number of aromatic amines is 1. The smallest absolute Gasteiger partial charge is 0.342 e. The van der Waals surface area contributed by atoms with Crippen LogP contribution in [0.3, 0.4) is 0 Å². The second-order valence-corrected chi connectivity index (χ2v) is 8.93. The number of nitrogens with zero attached hydrogens (tertiary/aromatic N) is 3. The van der Waals surface area contributed by atoms with Crippen molar-refractivity contribution in [1.29, 1.82) is 0 Å². The van der Waals surface area contributed by atoms with Gasteiger partial charge in [0.2, 0.25) is 5.91 Å². The molecule has 0 spiro atoms. The van der Waals surface area contributed by atoms with E-state index in [2.05, 4.69) is 10.2 Å². The van der Waals surface area contributed by atoms with Gasteiger partial charge in [0.1, 0.15) is 11.5 Å². The molecule has 166 valence electrons. The molecule has 2 heterocycles. The summed E-state index contributed by atoms with van der Waals surface area (Å²) in [6.45, 7) is 1.23. The summed E-state index contributed by atoms with van der Waals surface area (Å²) in [5, 5.41) is 6.85. The Labute approximate surface area is 187 Å². The van der Waals surface area contributed by atoms with Gasteiger partial charge in [0.15, 0.2) is 11.6 Å². The number of hydrogen-bond acceptors (Lipinski definition) is 3. The van der Waals surface area contributed by atoms with Crippen molar-refractivity contribution in [2.24, 2.45) is 11.8 Å². The van der Waals surface area contributed by atoms with E-state index in [1.807, 2.05) is 4.90 Å². The Balaban J connectivity index is 1.42. The molecular formula is C23H21ClF2N4O2. The highest BCUT2D eigenvalue weighted by Gasteiger charge is 2.37. The molecule has 0 radical (unpaired) electrons. The van der Waals surface area contributed by atoms with Gasteiger partial charge >= 0.3 is 5.69 Å². The van der Waals surface area contributed by atoms with Crippen LogP contribution in [0.2, 0.25) is 5.02 Å². The van der Waals surface area contributed by atoms with Crippen molar-refractivity contribution in [2.45, 2.75) is 25.7 Å². The first kappa shape index (κ1) is 20.9. The Morgan fingerprint density at radius 3 is 2.44 bits per heavy atom. The molecule has 3 aromatic rings. The summed E-state index contributed by atoms with van der Waals surface area (Å²) in [5.41, 5.74) is -0.227. The third-order valence-corrected chi connectivity index (χ3v) is 6.41. The van der Waals surface area contributed by atoms with Crippen LogP contribution in [0.1, 0.15) is 25.1 Å². The molecule has 1 amide bonds. The Morgan fingerprint density at radius 1 is 1.09 bits per heavy atom. The fourth-order valence-electron chi connectivity index (χ4n) is 4.33. The average molecular weight is 459 g/mol. The van der Waals surface area contributed by atoms with E-state index < -0.39 is 23.0 Å². The second-order valence-electron chi connectivity index (χ2n) is 8.49. The highest BCUT2D eigenvalue weighted by atomic mass is 35.5. The van der Waals surface area contributed by atoms with Crippen molar-refractivity contribution in [2.75, 3.05) is 13.1 Å². The lowest BCUT2D eigenvalue weighted by Gasteiger charge is -2.16. The van der Waals surface area contributed by atoms with Crippen LogP contribution in [0, 0.1) is 23.5 Å². The average Bonchev–Trinajstić information content (AvgIpc) is 3.42. The molecule has 5 rings (SSSR count). The summed E-state index contributed by atoms with van der Waals surface area (Å²) in [6.07, 6.45) is 3.00. The van der Waals surface area contributed by atoms with E-state index in [1.54, 1.807) is 24.3 Å². The minimum absolute atomic E-state index is 0.0751. The summed E-state index contributed by atoms with van der Waals surface area (Å²) in [7, 11) is 0. The Hall–Kier alpha value is -3.00. The van der Waals surface area contributed by atoms with Gasteiger partial charge in [-0.3, -0.25) is 4.79 Å². The molecule has 2 aliphatic rings. The molecule has 1 atom stereocenters. The van der Waals surface area contributed by atoms with Gasteiger partial charge in [0.05, 0.1) is 0 Å².